The predicted octanol–water partition coefficient (Wildman–Crippen LogP) is 2.02. The molecule has 4 heteroatoms. The maximum Gasteiger partial charge on any atom is 0.127 e. The first-order valence-corrected chi connectivity index (χ1v) is 4.57. The van der Waals surface area contributed by atoms with E-state index in [0.29, 0.717) is 0 Å². The Morgan fingerprint density at radius 1 is 1.55 bits per heavy atom. The van der Waals surface area contributed by atoms with Crippen LogP contribution in [0.1, 0.15) is 6.92 Å². The van der Waals surface area contributed by atoms with Crippen LogP contribution >= 0.6 is 24.0 Å². The topological polar surface area (TPSA) is 24.7 Å². The van der Waals surface area contributed by atoms with Gasteiger partial charge in [0, 0.05) is 0 Å². The average molecular weight is 182 g/mol. The first-order valence-electron chi connectivity index (χ1n) is 3.28. The third-order valence-electron chi connectivity index (χ3n) is 1.54. The predicted molar refractivity (Wildman–Crippen MR) is 53.4 cm³/mol. The molecule has 0 spiro atoms. The monoisotopic (exact) mass is 182 g/mol. The van der Waals surface area contributed by atoms with Gasteiger partial charge in [0.05, 0.1) is 11.0 Å². The van der Waals surface area contributed by atoms with E-state index in [1.165, 1.54) is 0 Å². The number of aliphatic imine (C=N–C) groups is 2. The first kappa shape index (κ1) is 7.18. The molecule has 0 N–H and O–H groups in total. The summed E-state index contributed by atoms with van der Waals surface area (Å²) in [5, 5.41) is 3.09. The second-order valence-electron chi connectivity index (χ2n) is 2.37. The van der Waals surface area contributed by atoms with Crippen molar-refractivity contribution < 1.29 is 0 Å². The van der Waals surface area contributed by atoms with Gasteiger partial charge in [-0.2, -0.15) is 0 Å². The van der Waals surface area contributed by atoms with E-state index in [0.717, 1.165) is 15.9 Å². The summed E-state index contributed by atoms with van der Waals surface area (Å²) in [6.07, 6.45) is 2.04. The summed E-state index contributed by atoms with van der Waals surface area (Å²) in [6.45, 7) is 1.87. The summed E-state index contributed by atoms with van der Waals surface area (Å²) >= 11 is 6.72. The number of rotatable bonds is 0. The Hall–Kier alpha value is -0.480. The summed E-state index contributed by atoms with van der Waals surface area (Å²) in [4.78, 5) is 9.14. The standard InChI is InChI=1S/C7H6N2S2/c1-4-8-6(10)5-2-3-11-7(5)9-4/h2-3,5H,1H3. The molecule has 0 radical (unpaired) electrons. The van der Waals surface area contributed by atoms with Crippen molar-refractivity contribution in [3.63, 3.8) is 0 Å². The average Bonchev–Trinajstić information content (AvgIpc) is 2.34. The van der Waals surface area contributed by atoms with Crippen LogP contribution in [0.15, 0.2) is 21.5 Å². The molecule has 0 aromatic carbocycles. The van der Waals surface area contributed by atoms with Crippen molar-refractivity contribution in [2.24, 2.45) is 15.9 Å². The zero-order valence-electron chi connectivity index (χ0n) is 5.94. The normalized spacial score (nSPS) is 28.1. The Morgan fingerprint density at radius 3 is 3.18 bits per heavy atom. The van der Waals surface area contributed by atoms with Crippen LogP contribution in [0, 0.1) is 5.92 Å². The molecule has 0 bridgehead atoms. The van der Waals surface area contributed by atoms with Crippen molar-refractivity contribution in [2.45, 2.75) is 6.92 Å². The fourth-order valence-electron chi connectivity index (χ4n) is 1.04. The second kappa shape index (κ2) is 2.53. The zero-order chi connectivity index (χ0) is 7.84. The van der Waals surface area contributed by atoms with E-state index in [9.17, 15) is 0 Å². The number of hydrogen-bond acceptors (Lipinski definition) is 3. The second-order valence-corrected chi connectivity index (χ2v) is 3.72. The van der Waals surface area contributed by atoms with Crippen molar-refractivity contribution >= 4 is 39.8 Å². The van der Waals surface area contributed by atoms with Crippen molar-refractivity contribution in [1.82, 2.24) is 0 Å². The Morgan fingerprint density at radius 2 is 2.36 bits per heavy atom. The van der Waals surface area contributed by atoms with E-state index in [2.05, 4.69) is 9.98 Å². The van der Waals surface area contributed by atoms with Crippen LogP contribution in [0.4, 0.5) is 0 Å². The lowest BCUT2D eigenvalue weighted by Crippen LogP contribution is -2.19. The van der Waals surface area contributed by atoms with Gasteiger partial charge < -0.3 is 0 Å². The highest BCUT2D eigenvalue weighted by Gasteiger charge is 2.25. The molecular formula is C7H6N2S2. The molecule has 0 aliphatic carbocycles. The van der Waals surface area contributed by atoms with Crippen LogP contribution in [0.2, 0.25) is 0 Å². The van der Waals surface area contributed by atoms with Crippen LogP contribution in [0.3, 0.4) is 0 Å². The minimum Gasteiger partial charge on any atom is -0.230 e. The lowest BCUT2D eigenvalue weighted by Gasteiger charge is -2.12. The Labute approximate surface area is 74.5 Å². The Bertz CT molecular complexity index is 302. The van der Waals surface area contributed by atoms with Gasteiger partial charge in [-0.25, -0.2) is 9.98 Å². The largest absolute Gasteiger partial charge is 0.230 e. The quantitative estimate of drug-likeness (QED) is 0.535. The molecule has 11 heavy (non-hydrogen) atoms. The van der Waals surface area contributed by atoms with E-state index in [1.54, 1.807) is 11.8 Å². The van der Waals surface area contributed by atoms with Crippen LogP contribution in [0.5, 0.6) is 0 Å². The third kappa shape index (κ3) is 1.16. The number of amidine groups is 1. The molecule has 2 heterocycles. The van der Waals surface area contributed by atoms with Crippen molar-refractivity contribution in [2.75, 3.05) is 0 Å². The summed E-state index contributed by atoms with van der Waals surface area (Å²) < 4.78 is 0. The molecule has 2 aliphatic heterocycles. The van der Waals surface area contributed by atoms with E-state index < -0.39 is 0 Å². The van der Waals surface area contributed by atoms with Gasteiger partial charge >= 0.3 is 0 Å². The van der Waals surface area contributed by atoms with Gasteiger partial charge in [-0.3, -0.25) is 0 Å². The molecule has 1 unspecified atom stereocenters. The van der Waals surface area contributed by atoms with Crippen molar-refractivity contribution in [3.8, 4) is 0 Å². The zero-order valence-corrected chi connectivity index (χ0v) is 7.58. The molecule has 0 amide bonds. The van der Waals surface area contributed by atoms with Gasteiger partial charge in [-0.15, -0.1) is 0 Å². The van der Waals surface area contributed by atoms with Crippen molar-refractivity contribution in [1.29, 1.82) is 0 Å². The number of fused-ring (bicyclic) bond motifs is 1. The van der Waals surface area contributed by atoms with Crippen LogP contribution in [-0.2, 0) is 0 Å². The molecule has 2 rings (SSSR count). The maximum absolute atomic E-state index is 5.09. The van der Waals surface area contributed by atoms with E-state index in [-0.39, 0.29) is 5.92 Å². The minimum absolute atomic E-state index is 0.193. The lowest BCUT2D eigenvalue weighted by molar-refractivity contribution is 1.22. The van der Waals surface area contributed by atoms with Gasteiger partial charge in [0.25, 0.3) is 0 Å². The summed E-state index contributed by atoms with van der Waals surface area (Å²) in [6, 6.07) is 0. The molecule has 0 saturated heterocycles. The minimum atomic E-state index is 0.193. The number of hydrogen-bond donors (Lipinski definition) is 0. The smallest absolute Gasteiger partial charge is 0.127 e. The maximum atomic E-state index is 5.09. The van der Waals surface area contributed by atoms with Gasteiger partial charge in [0.2, 0.25) is 0 Å². The molecule has 56 valence electrons. The Kier molecular flexibility index (Phi) is 1.65. The van der Waals surface area contributed by atoms with Crippen LogP contribution in [0.25, 0.3) is 0 Å². The van der Waals surface area contributed by atoms with Crippen LogP contribution in [-0.4, -0.2) is 15.9 Å². The van der Waals surface area contributed by atoms with Gasteiger partial charge in [0.15, 0.2) is 0 Å². The number of thioether (sulfide) groups is 1. The van der Waals surface area contributed by atoms with E-state index in [1.807, 2.05) is 18.4 Å². The number of thiocarbonyl (C=S) groups is 1. The lowest BCUT2D eigenvalue weighted by atomic mass is 10.1. The molecule has 0 fully saturated rings. The highest BCUT2D eigenvalue weighted by atomic mass is 32.2. The van der Waals surface area contributed by atoms with Crippen LogP contribution < -0.4 is 0 Å². The highest BCUT2D eigenvalue weighted by Crippen LogP contribution is 2.28. The van der Waals surface area contributed by atoms with Crippen molar-refractivity contribution in [3.05, 3.63) is 11.5 Å². The van der Waals surface area contributed by atoms with E-state index in [4.69, 9.17) is 12.2 Å². The van der Waals surface area contributed by atoms with Gasteiger partial charge in [-0.1, -0.05) is 30.1 Å². The highest BCUT2D eigenvalue weighted by molar-refractivity contribution is 8.17. The molecule has 1 atom stereocenters. The number of nitrogens with zero attached hydrogens (tertiary/aromatic N) is 2. The molecule has 2 nitrogen and oxygen atoms in total. The van der Waals surface area contributed by atoms with Gasteiger partial charge in [0.1, 0.15) is 10.8 Å². The first-order chi connectivity index (χ1) is 5.27. The Balaban J connectivity index is 2.41. The molecule has 0 aromatic rings. The SMILES string of the molecule is CC1=NC(=S)C2C=CSC2=N1. The molecule has 2 aliphatic rings. The summed E-state index contributed by atoms with van der Waals surface area (Å²) in [7, 11) is 0. The summed E-state index contributed by atoms with van der Waals surface area (Å²) in [5.74, 6) is 0.969. The van der Waals surface area contributed by atoms with E-state index >= 15 is 0 Å². The molecule has 0 aromatic heterocycles. The van der Waals surface area contributed by atoms with Gasteiger partial charge in [-0.05, 0) is 12.3 Å². The fourth-order valence-corrected chi connectivity index (χ4v) is 2.33. The third-order valence-corrected chi connectivity index (χ3v) is 2.76. The molecule has 0 saturated carbocycles. The fraction of sp³-hybridized carbons (Fsp3) is 0.286. The summed E-state index contributed by atoms with van der Waals surface area (Å²) in [5.41, 5.74) is 0. The molecular weight excluding hydrogens is 176 g/mol.